The molecule has 8 heteroatoms. The molecule has 1 aliphatic heterocycles. The van der Waals surface area contributed by atoms with E-state index in [1.54, 1.807) is 30.5 Å². The number of ether oxygens (including phenoxy) is 1. The molecule has 4 aromatic rings. The highest BCUT2D eigenvalue weighted by molar-refractivity contribution is 5.86. The van der Waals surface area contributed by atoms with Gasteiger partial charge in [-0.2, -0.15) is 0 Å². The molecule has 1 aromatic heterocycles. The van der Waals surface area contributed by atoms with Crippen molar-refractivity contribution in [2.75, 3.05) is 19.7 Å². The van der Waals surface area contributed by atoms with Gasteiger partial charge in [0.25, 0.3) is 0 Å². The van der Waals surface area contributed by atoms with Crippen LogP contribution in [0.2, 0.25) is 0 Å². The smallest absolute Gasteiger partial charge is 0.347 e. The van der Waals surface area contributed by atoms with Crippen molar-refractivity contribution in [1.82, 2.24) is 9.88 Å². The number of carbonyl (C=O) groups excluding carboxylic acids is 1. The quantitative estimate of drug-likeness (QED) is 0.240. The maximum atomic E-state index is 13.5. The van der Waals surface area contributed by atoms with Gasteiger partial charge in [-0.25, -0.2) is 4.79 Å². The van der Waals surface area contributed by atoms with E-state index in [2.05, 4.69) is 34.1 Å². The number of aromatic nitrogens is 1. The number of piperidine rings is 1. The maximum Gasteiger partial charge on any atom is 0.347 e. The van der Waals surface area contributed by atoms with Crippen molar-refractivity contribution in [2.24, 2.45) is 11.7 Å². The zero-order valence-electron chi connectivity index (χ0n) is 22.9. The molecule has 1 aliphatic rings. The van der Waals surface area contributed by atoms with Crippen molar-refractivity contribution in [1.29, 1.82) is 0 Å². The van der Waals surface area contributed by atoms with Crippen molar-refractivity contribution < 1.29 is 14.6 Å². The second-order valence-electron chi connectivity index (χ2n) is 10.2. The van der Waals surface area contributed by atoms with Crippen molar-refractivity contribution in [3.63, 3.8) is 0 Å². The predicted octanol–water partition coefficient (Wildman–Crippen LogP) is 5.74. The van der Waals surface area contributed by atoms with Gasteiger partial charge < -0.3 is 15.6 Å². The summed E-state index contributed by atoms with van der Waals surface area (Å²) in [4.78, 5) is 20.3. The molecule has 0 amide bonds. The summed E-state index contributed by atoms with van der Waals surface area (Å²) in [6.45, 7) is 3.54. The van der Waals surface area contributed by atoms with E-state index in [1.807, 2.05) is 48.5 Å². The lowest BCUT2D eigenvalue weighted by Gasteiger charge is -2.33. The Balaban J connectivity index is 0.00000231. The van der Waals surface area contributed by atoms with Crippen LogP contribution < -0.4 is 5.73 Å². The molecule has 1 atom stereocenters. The van der Waals surface area contributed by atoms with Crippen LogP contribution in [0, 0.1) is 5.92 Å². The van der Waals surface area contributed by atoms with Crippen LogP contribution >= 0.6 is 24.8 Å². The van der Waals surface area contributed by atoms with Crippen molar-refractivity contribution in [2.45, 2.75) is 31.5 Å². The second-order valence-corrected chi connectivity index (χ2v) is 10.2. The van der Waals surface area contributed by atoms with Crippen LogP contribution in [-0.2, 0) is 28.2 Å². The molecule has 0 radical (unpaired) electrons. The molecule has 2 heterocycles. The molecule has 0 unspecified atom stereocenters. The number of likely N-dealkylation sites (tertiary alicyclic amines) is 1. The summed E-state index contributed by atoms with van der Waals surface area (Å²) in [6.07, 6.45) is 3.69. The van der Waals surface area contributed by atoms with E-state index in [-0.39, 0.29) is 30.7 Å². The minimum atomic E-state index is -1.91. The van der Waals surface area contributed by atoms with Crippen LogP contribution in [0.1, 0.15) is 35.2 Å². The fourth-order valence-corrected chi connectivity index (χ4v) is 5.15. The van der Waals surface area contributed by atoms with Gasteiger partial charge in [0, 0.05) is 24.8 Å². The van der Waals surface area contributed by atoms with Crippen LogP contribution in [0.15, 0.2) is 103 Å². The molecular formula is C33H37Cl2N3O3. The molecule has 0 bridgehead atoms. The van der Waals surface area contributed by atoms with Crippen LogP contribution in [0.25, 0.3) is 11.1 Å². The Morgan fingerprint density at radius 3 is 2.02 bits per heavy atom. The van der Waals surface area contributed by atoms with Crippen LogP contribution in [0.3, 0.4) is 0 Å². The summed E-state index contributed by atoms with van der Waals surface area (Å²) in [6, 6.07) is 30.7. The number of pyridine rings is 1. The summed E-state index contributed by atoms with van der Waals surface area (Å²) in [5, 5.41) is 11.9. The van der Waals surface area contributed by atoms with E-state index in [1.165, 1.54) is 5.56 Å². The van der Waals surface area contributed by atoms with E-state index < -0.39 is 11.6 Å². The molecule has 0 saturated carbocycles. The number of rotatable bonds is 9. The van der Waals surface area contributed by atoms with E-state index in [0.717, 1.165) is 49.3 Å². The van der Waals surface area contributed by atoms with Crippen LogP contribution in [0.4, 0.5) is 0 Å². The summed E-state index contributed by atoms with van der Waals surface area (Å²) in [5.74, 6) is -0.380. The molecule has 1 saturated heterocycles. The minimum Gasteiger partial charge on any atom is -0.463 e. The van der Waals surface area contributed by atoms with Crippen molar-refractivity contribution in [3.8, 4) is 11.1 Å². The molecule has 1 fully saturated rings. The highest BCUT2D eigenvalue weighted by Crippen LogP contribution is 2.33. The molecule has 41 heavy (non-hydrogen) atoms. The highest BCUT2D eigenvalue weighted by atomic mass is 35.5. The molecule has 0 spiro atoms. The molecule has 3 aromatic carbocycles. The van der Waals surface area contributed by atoms with Gasteiger partial charge in [-0.15, -0.1) is 24.8 Å². The Morgan fingerprint density at radius 1 is 0.854 bits per heavy atom. The number of nitrogens with two attached hydrogens (primary N) is 1. The van der Waals surface area contributed by atoms with Gasteiger partial charge in [-0.3, -0.25) is 9.88 Å². The third-order valence-electron chi connectivity index (χ3n) is 7.56. The largest absolute Gasteiger partial charge is 0.463 e. The van der Waals surface area contributed by atoms with Crippen molar-refractivity contribution in [3.05, 3.63) is 126 Å². The number of halogens is 2. The average Bonchev–Trinajstić information content (AvgIpc) is 3.01. The molecular weight excluding hydrogens is 557 g/mol. The van der Waals surface area contributed by atoms with Crippen LogP contribution in [-0.4, -0.2) is 40.7 Å². The Hall–Kier alpha value is -3.26. The number of hydrogen-bond acceptors (Lipinski definition) is 6. The van der Waals surface area contributed by atoms with Crippen molar-refractivity contribution >= 4 is 30.8 Å². The molecule has 216 valence electrons. The van der Waals surface area contributed by atoms with Gasteiger partial charge in [-0.05, 0) is 60.2 Å². The SMILES string of the molecule is Cl.Cl.NCc1ccc(-c2ccc([C@](O)(C(=O)OCC3CCN(Cc4ccccc4)CC3)c3ccccc3)cc2)cn1. The van der Waals surface area contributed by atoms with Gasteiger partial charge >= 0.3 is 5.97 Å². The first-order valence-corrected chi connectivity index (χ1v) is 13.5. The van der Waals surface area contributed by atoms with E-state index in [9.17, 15) is 9.90 Å². The first-order chi connectivity index (χ1) is 19.1. The topological polar surface area (TPSA) is 88.7 Å². The van der Waals surface area contributed by atoms with E-state index in [0.29, 0.717) is 24.3 Å². The van der Waals surface area contributed by atoms with Gasteiger partial charge in [0.2, 0.25) is 5.60 Å². The zero-order chi connectivity index (χ0) is 27.1. The fraction of sp³-hybridized carbons (Fsp3) is 0.273. The van der Waals surface area contributed by atoms with Crippen LogP contribution in [0.5, 0.6) is 0 Å². The minimum absolute atomic E-state index is 0. The monoisotopic (exact) mass is 593 g/mol. The first kappa shape index (κ1) is 32.3. The molecule has 6 nitrogen and oxygen atoms in total. The third kappa shape index (κ3) is 7.73. The lowest BCUT2D eigenvalue weighted by Crippen LogP contribution is -2.40. The first-order valence-electron chi connectivity index (χ1n) is 13.5. The fourth-order valence-electron chi connectivity index (χ4n) is 5.15. The number of benzene rings is 3. The summed E-state index contributed by atoms with van der Waals surface area (Å²) in [5.41, 5.74) is 8.69. The lowest BCUT2D eigenvalue weighted by molar-refractivity contribution is -0.164. The normalized spacial score (nSPS) is 15.2. The molecule has 0 aliphatic carbocycles. The third-order valence-corrected chi connectivity index (χ3v) is 7.56. The summed E-state index contributed by atoms with van der Waals surface area (Å²) in [7, 11) is 0. The number of nitrogens with zero attached hydrogens (tertiary/aromatic N) is 2. The van der Waals surface area contributed by atoms with E-state index in [4.69, 9.17) is 10.5 Å². The zero-order valence-corrected chi connectivity index (χ0v) is 24.5. The Morgan fingerprint density at radius 2 is 1.44 bits per heavy atom. The summed E-state index contributed by atoms with van der Waals surface area (Å²) < 4.78 is 5.82. The Kier molecular flexibility index (Phi) is 11.9. The molecule has 5 rings (SSSR count). The van der Waals surface area contributed by atoms with Gasteiger partial charge in [-0.1, -0.05) is 91.0 Å². The standard InChI is InChI=1S/C33H35N3O3.2ClH/c34-21-31-16-13-28(22-35-31)27-11-14-30(15-12-27)33(38,29-9-5-2-6-10-29)32(37)39-24-26-17-19-36(20-18-26)23-25-7-3-1-4-8-25;;/h1-16,22,26,38H,17-21,23-24,34H2;2*1H/t33-;;/m0../s1. The maximum absolute atomic E-state index is 13.5. The Bertz CT molecular complexity index is 1350. The van der Waals surface area contributed by atoms with Gasteiger partial charge in [0.05, 0.1) is 12.3 Å². The predicted molar refractivity (Wildman–Crippen MR) is 167 cm³/mol. The summed E-state index contributed by atoms with van der Waals surface area (Å²) >= 11 is 0. The number of hydrogen-bond donors (Lipinski definition) is 2. The van der Waals surface area contributed by atoms with Gasteiger partial charge in [0.1, 0.15) is 0 Å². The second kappa shape index (κ2) is 15.1. The number of esters is 1. The van der Waals surface area contributed by atoms with Gasteiger partial charge in [0.15, 0.2) is 0 Å². The molecule has 3 N–H and O–H groups in total. The number of aliphatic hydroxyl groups is 1. The Labute approximate surface area is 254 Å². The highest BCUT2D eigenvalue weighted by Gasteiger charge is 2.42. The lowest BCUT2D eigenvalue weighted by atomic mass is 9.85. The average molecular weight is 595 g/mol. The number of carbonyl (C=O) groups is 1. The van der Waals surface area contributed by atoms with E-state index >= 15 is 0 Å².